The van der Waals surface area contributed by atoms with E-state index in [2.05, 4.69) is 10.2 Å². The fraction of sp³-hybridized carbons (Fsp3) is 0.421. The Morgan fingerprint density at radius 1 is 1.23 bits per heavy atom. The molecule has 1 fully saturated rings. The van der Waals surface area contributed by atoms with Crippen molar-refractivity contribution in [2.75, 3.05) is 18.0 Å². The molecule has 0 unspecified atom stereocenters. The van der Waals surface area contributed by atoms with Gasteiger partial charge in [0.05, 0.1) is 16.2 Å². The number of rotatable bonds is 5. The van der Waals surface area contributed by atoms with E-state index < -0.39 is 4.92 Å². The zero-order valence-electron chi connectivity index (χ0n) is 15.1. The fourth-order valence-corrected chi connectivity index (χ4v) is 3.36. The summed E-state index contributed by atoms with van der Waals surface area (Å²) < 4.78 is 5.47. The van der Waals surface area contributed by atoms with E-state index in [-0.39, 0.29) is 11.6 Å². The summed E-state index contributed by atoms with van der Waals surface area (Å²) in [7, 11) is 0. The summed E-state index contributed by atoms with van der Waals surface area (Å²) in [5, 5.41) is 14.0. The Hall–Kier alpha value is -2.83. The standard InChI is InChI=1S/C19H23N3O4/c1-13-10-15(14(2)26-13)12-20-19(23)17-11-16(22(24)25)6-7-18(17)21-8-4-3-5-9-21/h6-7,10-11H,3-5,8-9,12H2,1-2H3,(H,20,23). The molecular weight excluding hydrogens is 334 g/mol. The average molecular weight is 357 g/mol. The third-order valence-corrected chi connectivity index (χ3v) is 4.72. The normalized spacial score (nSPS) is 14.3. The van der Waals surface area contributed by atoms with Crippen molar-refractivity contribution in [3.8, 4) is 0 Å². The Morgan fingerprint density at radius 3 is 2.58 bits per heavy atom. The van der Waals surface area contributed by atoms with Gasteiger partial charge < -0.3 is 14.6 Å². The predicted molar refractivity (Wildman–Crippen MR) is 98.5 cm³/mol. The number of carbonyl (C=O) groups is 1. The van der Waals surface area contributed by atoms with Gasteiger partial charge >= 0.3 is 0 Å². The molecule has 1 aliphatic rings. The van der Waals surface area contributed by atoms with E-state index in [1.165, 1.54) is 18.6 Å². The van der Waals surface area contributed by atoms with Crippen LogP contribution in [0.4, 0.5) is 11.4 Å². The van der Waals surface area contributed by atoms with Crippen LogP contribution in [0.2, 0.25) is 0 Å². The number of piperidine rings is 1. The van der Waals surface area contributed by atoms with E-state index in [0.717, 1.165) is 48.7 Å². The molecule has 2 aromatic rings. The summed E-state index contributed by atoms with van der Waals surface area (Å²) in [6, 6.07) is 6.40. The molecule has 1 amide bonds. The molecule has 2 heterocycles. The van der Waals surface area contributed by atoms with Gasteiger partial charge in [-0.15, -0.1) is 0 Å². The number of nitrogens with one attached hydrogen (secondary N) is 1. The molecule has 1 aliphatic heterocycles. The van der Waals surface area contributed by atoms with E-state index in [9.17, 15) is 14.9 Å². The third kappa shape index (κ3) is 3.87. The van der Waals surface area contributed by atoms with Crippen molar-refractivity contribution < 1.29 is 14.1 Å². The number of amides is 1. The molecule has 0 saturated carbocycles. The molecule has 7 heteroatoms. The number of non-ortho nitro benzene ring substituents is 1. The van der Waals surface area contributed by atoms with E-state index in [4.69, 9.17) is 4.42 Å². The Labute approximate surface area is 152 Å². The van der Waals surface area contributed by atoms with Crippen LogP contribution in [0.15, 0.2) is 28.7 Å². The molecule has 26 heavy (non-hydrogen) atoms. The first-order chi connectivity index (χ1) is 12.5. The molecule has 0 spiro atoms. The van der Waals surface area contributed by atoms with Crippen LogP contribution in [0.25, 0.3) is 0 Å². The molecule has 1 aromatic heterocycles. The summed E-state index contributed by atoms with van der Waals surface area (Å²) in [6.45, 7) is 5.74. The number of nitro benzene ring substituents is 1. The number of nitrogens with zero attached hydrogens (tertiary/aromatic N) is 2. The van der Waals surface area contributed by atoms with Crippen LogP contribution in [0.3, 0.4) is 0 Å². The fourth-order valence-electron chi connectivity index (χ4n) is 3.36. The van der Waals surface area contributed by atoms with Crippen molar-refractivity contribution in [3.63, 3.8) is 0 Å². The van der Waals surface area contributed by atoms with Crippen molar-refractivity contribution in [1.82, 2.24) is 5.32 Å². The monoisotopic (exact) mass is 357 g/mol. The first-order valence-corrected chi connectivity index (χ1v) is 8.83. The molecule has 0 radical (unpaired) electrons. The summed E-state index contributed by atoms with van der Waals surface area (Å²) in [5.41, 5.74) is 1.93. The first kappa shape index (κ1) is 18.0. The van der Waals surface area contributed by atoms with Crippen LogP contribution in [0, 0.1) is 24.0 Å². The summed E-state index contributed by atoms with van der Waals surface area (Å²) in [5.74, 6) is 1.24. The van der Waals surface area contributed by atoms with E-state index in [1.807, 2.05) is 19.9 Å². The second-order valence-electron chi connectivity index (χ2n) is 6.63. The van der Waals surface area contributed by atoms with Crippen molar-refractivity contribution in [2.45, 2.75) is 39.7 Å². The van der Waals surface area contributed by atoms with Crippen LogP contribution in [-0.2, 0) is 6.54 Å². The molecule has 1 N–H and O–H groups in total. The van der Waals surface area contributed by atoms with Gasteiger partial charge in [0, 0.05) is 37.3 Å². The highest BCUT2D eigenvalue weighted by Gasteiger charge is 2.22. The smallest absolute Gasteiger partial charge is 0.270 e. The number of anilines is 1. The number of hydrogen-bond donors (Lipinski definition) is 1. The largest absolute Gasteiger partial charge is 0.466 e. The maximum absolute atomic E-state index is 12.8. The minimum atomic E-state index is -0.472. The van der Waals surface area contributed by atoms with E-state index >= 15 is 0 Å². The third-order valence-electron chi connectivity index (χ3n) is 4.72. The van der Waals surface area contributed by atoms with Gasteiger partial charge in [-0.2, -0.15) is 0 Å². The first-order valence-electron chi connectivity index (χ1n) is 8.83. The Bertz CT molecular complexity index is 822. The van der Waals surface area contributed by atoms with Crippen LogP contribution in [-0.4, -0.2) is 23.9 Å². The summed E-state index contributed by atoms with van der Waals surface area (Å²) in [4.78, 5) is 25.6. The molecule has 0 atom stereocenters. The maximum atomic E-state index is 12.8. The van der Waals surface area contributed by atoms with Crippen LogP contribution in [0.1, 0.15) is 46.7 Å². The molecule has 1 saturated heterocycles. The van der Waals surface area contributed by atoms with Crippen molar-refractivity contribution in [1.29, 1.82) is 0 Å². The lowest BCUT2D eigenvalue weighted by molar-refractivity contribution is -0.384. The second kappa shape index (κ2) is 7.59. The maximum Gasteiger partial charge on any atom is 0.270 e. The number of benzene rings is 1. The van der Waals surface area contributed by atoms with Gasteiger partial charge in [0.1, 0.15) is 11.5 Å². The lowest BCUT2D eigenvalue weighted by Crippen LogP contribution is -2.32. The highest BCUT2D eigenvalue weighted by molar-refractivity contribution is 6.00. The number of carbonyl (C=O) groups excluding carboxylic acids is 1. The van der Waals surface area contributed by atoms with Crippen LogP contribution >= 0.6 is 0 Å². The molecule has 1 aromatic carbocycles. The number of furan rings is 1. The predicted octanol–water partition coefficient (Wildman–Crippen LogP) is 3.72. The number of hydrogen-bond acceptors (Lipinski definition) is 5. The Balaban J connectivity index is 1.84. The average Bonchev–Trinajstić information content (AvgIpc) is 2.97. The van der Waals surface area contributed by atoms with Crippen LogP contribution < -0.4 is 10.2 Å². The SMILES string of the molecule is Cc1cc(CNC(=O)c2cc([N+](=O)[O-])ccc2N2CCCCC2)c(C)o1. The molecule has 138 valence electrons. The lowest BCUT2D eigenvalue weighted by Gasteiger charge is -2.30. The van der Waals surface area contributed by atoms with Crippen molar-refractivity contribution in [3.05, 3.63) is 57.0 Å². The minimum Gasteiger partial charge on any atom is -0.466 e. The van der Waals surface area contributed by atoms with E-state index in [0.29, 0.717) is 12.1 Å². The molecule has 0 aliphatic carbocycles. The van der Waals surface area contributed by atoms with Gasteiger partial charge in [0.15, 0.2) is 0 Å². The minimum absolute atomic E-state index is 0.0776. The zero-order chi connectivity index (χ0) is 18.7. The highest BCUT2D eigenvalue weighted by atomic mass is 16.6. The molecule has 7 nitrogen and oxygen atoms in total. The lowest BCUT2D eigenvalue weighted by atomic mass is 10.1. The topological polar surface area (TPSA) is 88.6 Å². The van der Waals surface area contributed by atoms with Gasteiger partial charge in [-0.3, -0.25) is 14.9 Å². The summed E-state index contributed by atoms with van der Waals surface area (Å²) in [6.07, 6.45) is 3.29. The van der Waals surface area contributed by atoms with Gasteiger partial charge in [-0.05, 0) is 45.2 Å². The Kier molecular flexibility index (Phi) is 5.25. The van der Waals surface area contributed by atoms with Gasteiger partial charge in [0.2, 0.25) is 0 Å². The van der Waals surface area contributed by atoms with Crippen LogP contribution in [0.5, 0.6) is 0 Å². The second-order valence-corrected chi connectivity index (χ2v) is 6.63. The summed E-state index contributed by atoms with van der Waals surface area (Å²) >= 11 is 0. The number of aryl methyl sites for hydroxylation is 2. The van der Waals surface area contributed by atoms with Crippen molar-refractivity contribution in [2.24, 2.45) is 0 Å². The highest BCUT2D eigenvalue weighted by Crippen LogP contribution is 2.28. The van der Waals surface area contributed by atoms with Gasteiger partial charge in [-0.25, -0.2) is 0 Å². The number of nitro groups is 1. The van der Waals surface area contributed by atoms with E-state index in [1.54, 1.807) is 6.07 Å². The molecular formula is C19H23N3O4. The van der Waals surface area contributed by atoms with Gasteiger partial charge in [-0.1, -0.05) is 0 Å². The molecule has 0 bridgehead atoms. The van der Waals surface area contributed by atoms with Gasteiger partial charge in [0.25, 0.3) is 11.6 Å². The zero-order valence-corrected chi connectivity index (χ0v) is 15.1. The Morgan fingerprint density at radius 2 is 1.96 bits per heavy atom. The molecule has 3 rings (SSSR count). The van der Waals surface area contributed by atoms with Crippen molar-refractivity contribution >= 4 is 17.3 Å². The quantitative estimate of drug-likeness (QED) is 0.651.